The predicted octanol–water partition coefficient (Wildman–Crippen LogP) is 1.74. The third kappa shape index (κ3) is 3.37. The van der Waals surface area contributed by atoms with Gasteiger partial charge in [0.05, 0.1) is 4.91 Å². The minimum atomic E-state index is -1.21. The van der Waals surface area contributed by atoms with Crippen LogP contribution in [0.2, 0.25) is 0 Å². The van der Waals surface area contributed by atoms with Gasteiger partial charge in [-0.25, -0.2) is 0 Å². The van der Waals surface area contributed by atoms with Gasteiger partial charge in [0.15, 0.2) is 0 Å². The number of carbonyl (C=O) groups is 2. The van der Waals surface area contributed by atoms with E-state index in [1.54, 1.807) is 6.08 Å². The Bertz CT molecular complexity index is 785. The highest BCUT2D eigenvalue weighted by Gasteiger charge is 2.32. The number of ether oxygens (including phenoxy) is 1. The molecule has 0 unspecified atom stereocenters. The highest BCUT2D eigenvalue weighted by atomic mass is 32.2. The molecule has 1 aromatic rings. The van der Waals surface area contributed by atoms with E-state index in [0.29, 0.717) is 9.23 Å². The highest BCUT2D eigenvalue weighted by molar-refractivity contribution is 8.26. The highest BCUT2D eigenvalue weighted by Crippen LogP contribution is 2.35. The SMILES string of the molecule is C[C@@H]1Oc2ccccc2C=C1/C=C1\SC(=S)N(CCC(=O)[O-])C1=O. The molecule has 2 aliphatic rings. The van der Waals surface area contributed by atoms with Gasteiger partial charge in [0.2, 0.25) is 0 Å². The Balaban J connectivity index is 1.84. The minimum absolute atomic E-state index is 0.0261. The fourth-order valence-electron chi connectivity index (χ4n) is 2.47. The van der Waals surface area contributed by atoms with Crippen molar-refractivity contribution in [1.82, 2.24) is 4.90 Å². The molecule has 0 saturated carbocycles. The Morgan fingerprint density at radius 2 is 2.21 bits per heavy atom. The number of carboxylic acid groups (broad SMARTS) is 1. The summed E-state index contributed by atoms with van der Waals surface area (Å²) in [6.07, 6.45) is 3.32. The Morgan fingerprint density at radius 3 is 2.96 bits per heavy atom. The van der Waals surface area contributed by atoms with E-state index in [2.05, 4.69) is 0 Å². The molecule has 24 heavy (non-hydrogen) atoms. The summed E-state index contributed by atoms with van der Waals surface area (Å²) in [5.74, 6) is -0.677. The average Bonchev–Trinajstić information content (AvgIpc) is 2.80. The van der Waals surface area contributed by atoms with Crippen LogP contribution in [0.4, 0.5) is 0 Å². The van der Waals surface area contributed by atoms with Crippen LogP contribution >= 0.6 is 24.0 Å². The number of amides is 1. The summed E-state index contributed by atoms with van der Waals surface area (Å²) in [5.41, 5.74) is 1.82. The molecule has 1 fully saturated rings. The van der Waals surface area contributed by atoms with Crippen LogP contribution in [0.25, 0.3) is 6.08 Å². The monoisotopic (exact) mass is 360 g/mol. The first-order valence-corrected chi connectivity index (χ1v) is 8.60. The van der Waals surface area contributed by atoms with Crippen molar-refractivity contribution in [3.63, 3.8) is 0 Å². The Labute approximate surface area is 149 Å². The van der Waals surface area contributed by atoms with Crippen LogP contribution in [0.1, 0.15) is 18.9 Å². The van der Waals surface area contributed by atoms with E-state index in [0.717, 1.165) is 16.9 Å². The van der Waals surface area contributed by atoms with Gasteiger partial charge in [-0.2, -0.15) is 0 Å². The Morgan fingerprint density at radius 1 is 1.46 bits per heavy atom. The van der Waals surface area contributed by atoms with Gasteiger partial charge in [-0.3, -0.25) is 9.69 Å². The fourth-order valence-corrected chi connectivity index (χ4v) is 3.78. The topological polar surface area (TPSA) is 69.7 Å². The maximum atomic E-state index is 12.4. The lowest BCUT2D eigenvalue weighted by molar-refractivity contribution is -0.305. The summed E-state index contributed by atoms with van der Waals surface area (Å²) in [6.45, 7) is 1.94. The fraction of sp³-hybridized carbons (Fsp3) is 0.235. The number of carboxylic acids is 1. The van der Waals surface area contributed by atoms with Gasteiger partial charge in [0, 0.05) is 24.5 Å². The second kappa shape index (κ2) is 6.78. The van der Waals surface area contributed by atoms with Crippen molar-refractivity contribution in [1.29, 1.82) is 0 Å². The molecule has 1 saturated heterocycles. The van der Waals surface area contributed by atoms with Gasteiger partial charge in [-0.1, -0.05) is 42.2 Å². The largest absolute Gasteiger partial charge is 0.550 e. The molecular weight excluding hydrogens is 346 g/mol. The zero-order valence-electron chi connectivity index (χ0n) is 12.9. The smallest absolute Gasteiger partial charge is 0.266 e. The van der Waals surface area contributed by atoms with E-state index in [9.17, 15) is 14.7 Å². The van der Waals surface area contributed by atoms with Crippen LogP contribution < -0.4 is 9.84 Å². The molecule has 3 rings (SSSR count). The summed E-state index contributed by atoms with van der Waals surface area (Å²) >= 11 is 6.34. The number of thiocarbonyl (C=S) groups is 1. The Kier molecular flexibility index (Phi) is 4.73. The predicted molar refractivity (Wildman–Crippen MR) is 94.1 cm³/mol. The van der Waals surface area contributed by atoms with Crippen molar-refractivity contribution in [3.05, 3.63) is 46.4 Å². The van der Waals surface area contributed by atoms with Crippen LogP contribution in [-0.2, 0) is 9.59 Å². The second-order valence-corrected chi connectivity index (χ2v) is 7.07. The molecule has 2 aliphatic heterocycles. The van der Waals surface area contributed by atoms with E-state index in [1.165, 1.54) is 16.7 Å². The van der Waals surface area contributed by atoms with Gasteiger partial charge in [-0.15, -0.1) is 0 Å². The number of carbonyl (C=O) groups excluding carboxylic acids is 2. The quantitative estimate of drug-likeness (QED) is 0.602. The van der Waals surface area contributed by atoms with E-state index in [4.69, 9.17) is 17.0 Å². The number of fused-ring (bicyclic) bond motifs is 1. The normalized spacial score (nSPS) is 21.5. The molecule has 1 atom stereocenters. The zero-order valence-corrected chi connectivity index (χ0v) is 14.5. The van der Waals surface area contributed by atoms with E-state index >= 15 is 0 Å². The molecule has 0 N–H and O–H groups in total. The van der Waals surface area contributed by atoms with E-state index in [-0.39, 0.29) is 25.0 Å². The first kappa shape index (κ1) is 16.7. The lowest BCUT2D eigenvalue weighted by Gasteiger charge is -2.23. The van der Waals surface area contributed by atoms with Gasteiger partial charge in [0.1, 0.15) is 16.2 Å². The van der Waals surface area contributed by atoms with Crippen LogP contribution in [0.15, 0.2) is 40.8 Å². The molecule has 7 heteroatoms. The summed E-state index contributed by atoms with van der Waals surface area (Å²) in [6, 6.07) is 7.68. The number of nitrogens with zero attached hydrogens (tertiary/aromatic N) is 1. The average molecular weight is 360 g/mol. The maximum Gasteiger partial charge on any atom is 0.266 e. The standard InChI is InChI=1S/C17H15NO4S2/c1-10-12(8-11-4-2-3-5-13(11)22-10)9-14-16(21)18(17(23)24-14)7-6-15(19)20/h2-5,8-10H,6-7H2,1H3,(H,19,20)/p-1/b14-9-/t10-/m0/s1. The number of aliphatic carboxylic acids is 1. The molecule has 0 bridgehead atoms. The molecule has 1 amide bonds. The van der Waals surface area contributed by atoms with Gasteiger partial charge >= 0.3 is 0 Å². The molecule has 0 radical (unpaired) electrons. The molecule has 2 heterocycles. The summed E-state index contributed by atoms with van der Waals surface area (Å²) < 4.78 is 6.22. The lowest BCUT2D eigenvalue weighted by Crippen LogP contribution is -2.33. The summed E-state index contributed by atoms with van der Waals surface area (Å²) in [7, 11) is 0. The number of hydrogen-bond acceptors (Lipinski definition) is 6. The van der Waals surface area contributed by atoms with Crippen molar-refractivity contribution >= 4 is 46.3 Å². The molecule has 0 aliphatic carbocycles. The minimum Gasteiger partial charge on any atom is -0.550 e. The first-order chi connectivity index (χ1) is 11.5. The lowest BCUT2D eigenvalue weighted by atomic mass is 10.0. The van der Waals surface area contributed by atoms with E-state index < -0.39 is 5.97 Å². The van der Waals surface area contributed by atoms with Gasteiger partial charge in [-0.05, 0) is 30.7 Å². The van der Waals surface area contributed by atoms with Crippen molar-refractivity contribution in [2.24, 2.45) is 0 Å². The van der Waals surface area contributed by atoms with Crippen molar-refractivity contribution in [3.8, 4) is 5.75 Å². The number of rotatable bonds is 4. The molecule has 5 nitrogen and oxygen atoms in total. The van der Waals surface area contributed by atoms with Crippen LogP contribution in [-0.4, -0.2) is 33.7 Å². The summed E-state index contributed by atoms with van der Waals surface area (Å²) in [4.78, 5) is 24.8. The summed E-state index contributed by atoms with van der Waals surface area (Å²) in [5, 5.41) is 10.6. The number of hydrogen-bond donors (Lipinski definition) is 0. The molecular formula is C17H14NO4S2-. The molecule has 0 aromatic heterocycles. The second-order valence-electron chi connectivity index (χ2n) is 5.40. The van der Waals surface area contributed by atoms with E-state index in [1.807, 2.05) is 37.3 Å². The maximum absolute atomic E-state index is 12.4. The number of para-hydroxylation sites is 1. The first-order valence-electron chi connectivity index (χ1n) is 7.38. The number of thioether (sulfide) groups is 1. The van der Waals surface area contributed by atoms with Crippen LogP contribution in [0, 0.1) is 0 Å². The van der Waals surface area contributed by atoms with Crippen molar-refractivity contribution in [2.45, 2.75) is 19.4 Å². The van der Waals surface area contributed by atoms with Gasteiger partial charge < -0.3 is 14.6 Å². The van der Waals surface area contributed by atoms with Crippen molar-refractivity contribution in [2.75, 3.05) is 6.54 Å². The molecule has 0 spiro atoms. The molecule has 124 valence electrons. The third-order valence-corrected chi connectivity index (χ3v) is 5.10. The number of benzene rings is 1. The third-order valence-electron chi connectivity index (χ3n) is 3.73. The van der Waals surface area contributed by atoms with Crippen LogP contribution in [0.5, 0.6) is 5.75 Å². The zero-order chi connectivity index (χ0) is 17.3. The Hall–Kier alpha value is -2.12. The van der Waals surface area contributed by atoms with Crippen LogP contribution in [0.3, 0.4) is 0 Å². The van der Waals surface area contributed by atoms with Crippen molar-refractivity contribution < 1.29 is 19.4 Å². The molecule has 1 aromatic carbocycles. The van der Waals surface area contributed by atoms with Gasteiger partial charge in [0.25, 0.3) is 5.91 Å².